The molecule has 0 amide bonds. The van der Waals surface area contributed by atoms with E-state index in [4.69, 9.17) is 11.1 Å². The van der Waals surface area contributed by atoms with E-state index in [0.717, 1.165) is 16.8 Å². The first-order valence-electron chi connectivity index (χ1n) is 5.11. The summed E-state index contributed by atoms with van der Waals surface area (Å²) >= 11 is 0. The normalized spacial score (nSPS) is 10.5. The van der Waals surface area contributed by atoms with Gasteiger partial charge in [-0.15, -0.1) is 0 Å². The van der Waals surface area contributed by atoms with E-state index in [1.54, 1.807) is 0 Å². The zero-order valence-corrected chi connectivity index (χ0v) is 9.83. The van der Waals surface area contributed by atoms with Crippen LogP contribution >= 0.6 is 0 Å². The Bertz CT molecular complexity index is 369. The molecule has 3 nitrogen and oxygen atoms in total. The summed E-state index contributed by atoms with van der Waals surface area (Å²) in [6, 6.07) is 6.41. The molecule has 0 aliphatic rings. The smallest absolute Gasteiger partial charge is 0.124 e. The Labute approximate surface area is 91.4 Å². The lowest BCUT2D eigenvalue weighted by molar-refractivity contribution is 0.754. The van der Waals surface area contributed by atoms with Gasteiger partial charge >= 0.3 is 0 Å². The number of amidine groups is 1. The van der Waals surface area contributed by atoms with Crippen LogP contribution in [0.3, 0.4) is 0 Å². The van der Waals surface area contributed by atoms with Crippen LogP contribution in [0.4, 0.5) is 5.69 Å². The Morgan fingerprint density at radius 1 is 1.40 bits per heavy atom. The van der Waals surface area contributed by atoms with Crippen molar-refractivity contribution >= 4 is 11.5 Å². The highest BCUT2D eigenvalue weighted by atomic mass is 15.1. The summed E-state index contributed by atoms with van der Waals surface area (Å²) in [5, 5.41) is 7.56. The third kappa shape index (κ3) is 2.49. The Kier molecular flexibility index (Phi) is 3.35. The first-order valence-corrected chi connectivity index (χ1v) is 5.11. The van der Waals surface area contributed by atoms with Gasteiger partial charge < -0.3 is 10.6 Å². The number of hydrogen-bond acceptors (Lipinski definition) is 2. The van der Waals surface area contributed by atoms with Gasteiger partial charge in [-0.05, 0) is 32.9 Å². The highest BCUT2D eigenvalue weighted by Gasteiger charge is 2.11. The van der Waals surface area contributed by atoms with Gasteiger partial charge in [0, 0.05) is 24.3 Å². The summed E-state index contributed by atoms with van der Waals surface area (Å²) in [4.78, 5) is 2.12. The number of aryl methyl sites for hydroxylation is 1. The van der Waals surface area contributed by atoms with Crippen molar-refractivity contribution < 1.29 is 0 Å². The topological polar surface area (TPSA) is 53.1 Å². The Morgan fingerprint density at radius 3 is 2.47 bits per heavy atom. The summed E-state index contributed by atoms with van der Waals surface area (Å²) < 4.78 is 0. The lowest BCUT2D eigenvalue weighted by Crippen LogP contribution is -2.28. The zero-order chi connectivity index (χ0) is 11.6. The zero-order valence-electron chi connectivity index (χ0n) is 9.83. The second-order valence-electron chi connectivity index (χ2n) is 4.14. The number of nitrogens with one attached hydrogen (secondary N) is 1. The summed E-state index contributed by atoms with van der Waals surface area (Å²) in [6.45, 7) is 6.24. The van der Waals surface area contributed by atoms with Crippen LogP contribution in [0.5, 0.6) is 0 Å². The van der Waals surface area contributed by atoms with Crippen molar-refractivity contribution in [1.29, 1.82) is 5.41 Å². The fraction of sp³-hybridized carbons (Fsp3) is 0.417. The third-order valence-electron chi connectivity index (χ3n) is 2.60. The molecule has 0 radical (unpaired) electrons. The molecule has 1 rings (SSSR count). The molecule has 1 aromatic rings. The first-order chi connectivity index (χ1) is 6.93. The van der Waals surface area contributed by atoms with E-state index in [1.165, 1.54) is 0 Å². The largest absolute Gasteiger partial charge is 0.384 e. The number of nitrogen functional groups attached to an aromatic ring is 1. The van der Waals surface area contributed by atoms with Crippen LogP contribution < -0.4 is 10.6 Å². The maximum absolute atomic E-state index is 7.56. The molecular weight excluding hydrogens is 186 g/mol. The molecule has 0 atom stereocenters. The first kappa shape index (κ1) is 11.6. The molecule has 1 aromatic carbocycles. The molecule has 3 heteroatoms. The maximum Gasteiger partial charge on any atom is 0.124 e. The summed E-state index contributed by atoms with van der Waals surface area (Å²) in [5.41, 5.74) is 8.53. The van der Waals surface area contributed by atoms with Gasteiger partial charge in [0.2, 0.25) is 0 Å². The van der Waals surface area contributed by atoms with Crippen LogP contribution in [-0.4, -0.2) is 18.9 Å². The van der Waals surface area contributed by atoms with Gasteiger partial charge in [-0.1, -0.05) is 11.6 Å². The molecule has 0 saturated carbocycles. The highest BCUT2D eigenvalue weighted by molar-refractivity contribution is 6.00. The average Bonchev–Trinajstić information content (AvgIpc) is 2.16. The van der Waals surface area contributed by atoms with E-state index in [-0.39, 0.29) is 5.84 Å². The van der Waals surface area contributed by atoms with E-state index in [0.29, 0.717) is 6.04 Å². The molecule has 3 N–H and O–H groups in total. The van der Waals surface area contributed by atoms with Gasteiger partial charge in [-0.2, -0.15) is 0 Å². The lowest BCUT2D eigenvalue weighted by atomic mass is 10.1. The second-order valence-corrected chi connectivity index (χ2v) is 4.14. The van der Waals surface area contributed by atoms with E-state index in [9.17, 15) is 0 Å². The van der Waals surface area contributed by atoms with Crippen molar-refractivity contribution in [1.82, 2.24) is 0 Å². The fourth-order valence-electron chi connectivity index (χ4n) is 1.45. The second kappa shape index (κ2) is 4.34. The van der Waals surface area contributed by atoms with Crippen LogP contribution in [0.25, 0.3) is 0 Å². The predicted molar refractivity (Wildman–Crippen MR) is 65.7 cm³/mol. The number of nitrogens with zero attached hydrogens (tertiary/aromatic N) is 1. The molecule has 0 heterocycles. The van der Waals surface area contributed by atoms with Crippen molar-refractivity contribution in [3.05, 3.63) is 29.3 Å². The minimum Gasteiger partial charge on any atom is -0.384 e. The minimum atomic E-state index is 0.126. The van der Waals surface area contributed by atoms with Crippen LogP contribution in [0.15, 0.2) is 18.2 Å². The number of rotatable bonds is 3. The standard InChI is InChI=1S/C12H19N3/c1-8(2)15(4)11-6-5-9(3)7-10(11)12(13)14/h5-8H,1-4H3,(H3,13,14). The molecule has 15 heavy (non-hydrogen) atoms. The quantitative estimate of drug-likeness (QED) is 0.586. The maximum atomic E-state index is 7.56. The van der Waals surface area contributed by atoms with Crippen molar-refractivity contribution in [3.63, 3.8) is 0 Å². The summed E-state index contributed by atoms with van der Waals surface area (Å²) in [6.07, 6.45) is 0. The van der Waals surface area contributed by atoms with Gasteiger partial charge in [0.25, 0.3) is 0 Å². The van der Waals surface area contributed by atoms with Gasteiger partial charge in [-0.3, -0.25) is 5.41 Å². The molecular formula is C12H19N3. The number of hydrogen-bond donors (Lipinski definition) is 2. The summed E-state index contributed by atoms with van der Waals surface area (Å²) in [5.74, 6) is 0.126. The van der Waals surface area contributed by atoms with Crippen molar-refractivity contribution in [3.8, 4) is 0 Å². The van der Waals surface area contributed by atoms with Crippen LogP contribution in [-0.2, 0) is 0 Å². The summed E-state index contributed by atoms with van der Waals surface area (Å²) in [7, 11) is 2.02. The molecule has 0 aliphatic heterocycles. The molecule has 0 bridgehead atoms. The highest BCUT2D eigenvalue weighted by Crippen LogP contribution is 2.22. The number of anilines is 1. The Hall–Kier alpha value is -1.51. The van der Waals surface area contributed by atoms with Crippen LogP contribution in [0.2, 0.25) is 0 Å². The van der Waals surface area contributed by atoms with Crippen LogP contribution in [0, 0.1) is 12.3 Å². The lowest BCUT2D eigenvalue weighted by Gasteiger charge is -2.26. The van der Waals surface area contributed by atoms with E-state index < -0.39 is 0 Å². The third-order valence-corrected chi connectivity index (χ3v) is 2.60. The van der Waals surface area contributed by atoms with Gasteiger partial charge in [-0.25, -0.2) is 0 Å². The molecule has 82 valence electrons. The van der Waals surface area contributed by atoms with E-state index in [2.05, 4.69) is 18.7 Å². The van der Waals surface area contributed by atoms with Gasteiger partial charge in [0.05, 0.1) is 0 Å². The molecule has 0 spiro atoms. The molecule has 0 fully saturated rings. The van der Waals surface area contributed by atoms with E-state index >= 15 is 0 Å². The SMILES string of the molecule is Cc1ccc(N(C)C(C)C)c(C(=N)N)c1. The van der Waals surface area contributed by atoms with Crippen molar-refractivity contribution in [2.45, 2.75) is 26.8 Å². The van der Waals surface area contributed by atoms with Crippen LogP contribution in [0.1, 0.15) is 25.0 Å². The Balaban J connectivity index is 3.22. The number of benzene rings is 1. The molecule has 0 saturated heterocycles. The number of nitrogens with two attached hydrogens (primary N) is 1. The van der Waals surface area contributed by atoms with Crippen molar-refractivity contribution in [2.75, 3.05) is 11.9 Å². The predicted octanol–water partition coefficient (Wildman–Crippen LogP) is 2.12. The fourth-order valence-corrected chi connectivity index (χ4v) is 1.45. The van der Waals surface area contributed by atoms with Gasteiger partial charge in [0.1, 0.15) is 5.84 Å². The minimum absolute atomic E-state index is 0.126. The molecule has 0 unspecified atom stereocenters. The molecule has 0 aromatic heterocycles. The van der Waals surface area contributed by atoms with Crippen molar-refractivity contribution in [2.24, 2.45) is 5.73 Å². The van der Waals surface area contributed by atoms with Gasteiger partial charge in [0.15, 0.2) is 0 Å². The Morgan fingerprint density at radius 2 is 2.00 bits per heavy atom. The monoisotopic (exact) mass is 205 g/mol. The average molecular weight is 205 g/mol. The molecule has 0 aliphatic carbocycles. The van der Waals surface area contributed by atoms with E-state index in [1.807, 2.05) is 32.2 Å².